The third-order valence-corrected chi connectivity index (χ3v) is 17.2. The van der Waals surface area contributed by atoms with Gasteiger partial charge in [-0.3, -0.25) is 0 Å². The summed E-state index contributed by atoms with van der Waals surface area (Å²) in [5.74, 6) is 7.80. The van der Waals surface area contributed by atoms with E-state index < -0.39 is 10.8 Å². The fraction of sp³-hybridized carbons (Fsp3) is 0.474. The minimum atomic E-state index is -0.457. The smallest absolute Gasteiger partial charge is 0.181 e. The van der Waals surface area contributed by atoms with E-state index in [1.54, 1.807) is 56.7 Å². The third kappa shape index (κ3) is 5.09. The molecule has 5 aromatic rings. The van der Waals surface area contributed by atoms with Crippen LogP contribution in [0.15, 0.2) is 0 Å². The van der Waals surface area contributed by atoms with Gasteiger partial charge in [-0.2, -0.15) is 0 Å². The fourth-order valence-electron chi connectivity index (χ4n) is 7.49. The summed E-state index contributed by atoms with van der Waals surface area (Å²) in [4.78, 5) is 10.4. The standard InChI is InChI=1S/C38H38O10S5/c1-17-19-25(45-13-7-39-19)33(49-17)37(3,4)35-27-23(43-11-15-47-27)31(52-35)29-21-22(42-10-9-41-21)30(51-29)32-24-28(48-16-12-44-24)36(53-32)38(5,6)34-26-20(18(2)50-34)40-8-14-46-26/h7-16H2,1-6H3. The van der Waals surface area contributed by atoms with Crippen molar-refractivity contribution >= 4 is 56.7 Å². The van der Waals surface area contributed by atoms with Gasteiger partial charge in [-0.1, -0.05) is 0 Å². The molecule has 10 rings (SSSR count). The zero-order chi connectivity index (χ0) is 36.2. The summed E-state index contributed by atoms with van der Waals surface area (Å²) in [5, 5.41) is 0. The van der Waals surface area contributed by atoms with Gasteiger partial charge in [0.2, 0.25) is 0 Å². The highest BCUT2D eigenvalue weighted by Gasteiger charge is 2.44. The van der Waals surface area contributed by atoms with Crippen molar-refractivity contribution in [3.63, 3.8) is 0 Å². The predicted octanol–water partition coefficient (Wildman–Crippen LogP) is 9.45. The highest BCUT2D eigenvalue weighted by atomic mass is 32.1. The molecule has 0 N–H and O–H groups in total. The van der Waals surface area contributed by atoms with Crippen LogP contribution in [0.3, 0.4) is 0 Å². The average Bonchev–Trinajstić information content (AvgIpc) is 3.99. The molecule has 0 atom stereocenters. The predicted molar refractivity (Wildman–Crippen MR) is 208 cm³/mol. The van der Waals surface area contributed by atoms with E-state index in [9.17, 15) is 0 Å². The van der Waals surface area contributed by atoms with E-state index in [0.717, 1.165) is 94.8 Å². The molecule has 0 unspecified atom stereocenters. The molecule has 280 valence electrons. The lowest BCUT2D eigenvalue weighted by Gasteiger charge is -2.27. The van der Waals surface area contributed by atoms with Crippen LogP contribution >= 0.6 is 56.7 Å². The average molecular weight is 815 g/mol. The zero-order valence-corrected chi connectivity index (χ0v) is 34.3. The second-order valence-electron chi connectivity index (χ2n) is 14.3. The van der Waals surface area contributed by atoms with Crippen LogP contribution in [0.4, 0.5) is 0 Å². The minimum absolute atomic E-state index is 0.447. The summed E-state index contributed by atoms with van der Waals surface area (Å²) in [7, 11) is 0. The summed E-state index contributed by atoms with van der Waals surface area (Å²) in [6.07, 6.45) is 0. The van der Waals surface area contributed by atoms with Crippen molar-refractivity contribution in [2.24, 2.45) is 0 Å². The van der Waals surface area contributed by atoms with Gasteiger partial charge in [0.25, 0.3) is 0 Å². The van der Waals surface area contributed by atoms with Crippen LogP contribution in [0.1, 0.15) is 57.0 Å². The van der Waals surface area contributed by atoms with Gasteiger partial charge >= 0.3 is 0 Å². The topological polar surface area (TPSA) is 92.3 Å². The van der Waals surface area contributed by atoms with Crippen LogP contribution < -0.4 is 47.4 Å². The van der Waals surface area contributed by atoms with Crippen LogP contribution in [0.5, 0.6) is 57.5 Å². The Morgan fingerprint density at radius 3 is 0.868 bits per heavy atom. The van der Waals surface area contributed by atoms with Crippen molar-refractivity contribution in [2.45, 2.75) is 52.4 Å². The molecule has 0 saturated carbocycles. The van der Waals surface area contributed by atoms with Crippen LogP contribution in [-0.4, -0.2) is 66.1 Å². The second kappa shape index (κ2) is 12.5. The summed E-state index contributed by atoms with van der Waals surface area (Å²) >= 11 is 8.43. The molecule has 5 aromatic heterocycles. The van der Waals surface area contributed by atoms with E-state index >= 15 is 0 Å². The molecule has 0 spiro atoms. The summed E-state index contributed by atoms with van der Waals surface area (Å²) < 4.78 is 63.3. The molecule has 0 saturated heterocycles. The van der Waals surface area contributed by atoms with E-state index in [2.05, 4.69) is 41.5 Å². The van der Waals surface area contributed by atoms with Gasteiger partial charge < -0.3 is 47.4 Å². The fourth-order valence-corrected chi connectivity index (χ4v) is 14.0. The zero-order valence-electron chi connectivity index (χ0n) is 30.2. The number of aryl methyl sites for hydroxylation is 2. The van der Waals surface area contributed by atoms with Crippen molar-refractivity contribution in [1.29, 1.82) is 0 Å². The minimum Gasteiger partial charge on any atom is -0.485 e. The first kappa shape index (κ1) is 34.0. The van der Waals surface area contributed by atoms with Crippen LogP contribution in [0.25, 0.3) is 19.5 Å². The van der Waals surface area contributed by atoms with Crippen molar-refractivity contribution in [3.8, 4) is 77.0 Å². The Morgan fingerprint density at radius 1 is 0.302 bits per heavy atom. The Labute approximate surface area is 327 Å². The molecule has 0 bridgehead atoms. The molecule has 0 aromatic carbocycles. The first-order valence-corrected chi connectivity index (χ1v) is 21.8. The molecule has 0 fully saturated rings. The maximum Gasteiger partial charge on any atom is 0.181 e. The van der Waals surface area contributed by atoms with E-state index in [1.807, 2.05) is 0 Å². The van der Waals surface area contributed by atoms with Gasteiger partial charge in [0.15, 0.2) is 57.5 Å². The lowest BCUT2D eigenvalue weighted by Crippen LogP contribution is -2.22. The van der Waals surface area contributed by atoms with E-state index in [0.29, 0.717) is 77.6 Å². The number of thiophene rings is 5. The van der Waals surface area contributed by atoms with Crippen LogP contribution in [0.2, 0.25) is 0 Å². The third-order valence-electron chi connectivity index (χ3n) is 10.0. The lowest BCUT2D eigenvalue weighted by molar-refractivity contribution is 0.167. The Bertz CT molecular complexity index is 2110. The van der Waals surface area contributed by atoms with Crippen molar-refractivity contribution in [3.05, 3.63) is 29.3 Å². The number of hydrogen-bond donors (Lipinski definition) is 0. The van der Waals surface area contributed by atoms with Gasteiger partial charge in [-0.25, -0.2) is 0 Å². The highest BCUT2D eigenvalue weighted by Crippen LogP contribution is 2.66. The number of ether oxygens (including phenoxy) is 10. The molecule has 10 nitrogen and oxygen atoms in total. The second-order valence-corrected chi connectivity index (χ2v) is 19.8. The first-order valence-electron chi connectivity index (χ1n) is 17.7. The molecule has 5 aliphatic heterocycles. The molecular formula is C38H38O10S5. The van der Waals surface area contributed by atoms with Gasteiger partial charge in [0.05, 0.1) is 39.0 Å². The van der Waals surface area contributed by atoms with Crippen molar-refractivity contribution in [1.82, 2.24) is 0 Å². The molecular weight excluding hydrogens is 777 g/mol. The lowest BCUT2D eigenvalue weighted by atomic mass is 9.88. The van der Waals surface area contributed by atoms with Gasteiger partial charge in [-0.15, -0.1) is 56.7 Å². The molecule has 53 heavy (non-hydrogen) atoms. The highest BCUT2D eigenvalue weighted by molar-refractivity contribution is 7.28. The molecule has 10 heterocycles. The maximum absolute atomic E-state index is 6.48. The maximum atomic E-state index is 6.48. The molecule has 0 amide bonds. The Balaban J connectivity index is 1.12. The summed E-state index contributed by atoms with van der Waals surface area (Å²) in [5.41, 5.74) is -0.914. The number of rotatable bonds is 6. The van der Waals surface area contributed by atoms with E-state index in [-0.39, 0.29) is 0 Å². The van der Waals surface area contributed by atoms with E-state index in [4.69, 9.17) is 47.4 Å². The number of hydrogen-bond acceptors (Lipinski definition) is 15. The van der Waals surface area contributed by atoms with Gasteiger partial charge in [0.1, 0.15) is 66.1 Å². The van der Waals surface area contributed by atoms with Gasteiger partial charge in [0, 0.05) is 20.6 Å². The quantitative estimate of drug-likeness (QED) is 0.165. The summed E-state index contributed by atoms with van der Waals surface area (Å²) in [6, 6.07) is 0. The number of fused-ring (bicyclic) bond motifs is 5. The van der Waals surface area contributed by atoms with Gasteiger partial charge in [-0.05, 0) is 41.5 Å². The first-order chi connectivity index (χ1) is 25.6. The SMILES string of the molecule is Cc1sc(C(C)(C)c2sc(-c3sc(-c4sc(C(C)(C)c5sc(C)c6c5OCCO6)c5c4OCCO5)c4c3OCCO4)c3c2OCCO3)c2c1OCCO2. The Morgan fingerprint density at radius 2 is 0.528 bits per heavy atom. The van der Waals surface area contributed by atoms with Crippen LogP contribution in [-0.2, 0) is 10.8 Å². The normalized spacial score (nSPS) is 17.2. The largest absolute Gasteiger partial charge is 0.485 e. The molecule has 5 aliphatic rings. The molecule has 0 radical (unpaired) electrons. The Hall–Kier alpha value is -3.50. The summed E-state index contributed by atoms with van der Waals surface area (Å²) in [6.45, 7) is 18.0. The Kier molecular flexibility index (Phi) is 8.04. The van der Waals surface area contributed by atoms with Crippen molar-refractivity contribution in [2.75, 3.05) is 66.1 Å². The van der Waals surface area contributed by atoms with Crippen molar-refractivity contribution < 1.29 is 47.4 Å². The molecule has 0 aliphatic carbocycles. The van der Waals surface area contributed by atoms with E-state index in [1.165, 1.54) is 0 Å². The van der Waals surface area contributed by atoms with Crippen LogP contribution in [0, 0.1) is 13.8 Å². The molecule has 15 heteroatoms. The monoisotopic (exact) mass is 814 g/mol.